The molecule has 1 saturated carbocycles. The third-order valence-corrected chi connectivity index (χ3v) is 2.97. The summed E-state index contributed by atoms with van der Waals surface area (Å²) in [5, 5.41) is 0. The Morgan fingerprint density at radius 1 is 1.36 bits per heavy atom. The molecule has 0 aromatic rings. The van der Waals surface area contributed by atoms with Crippen molar-refractivity contribution in [1.29, 1.82) is 0 Å². The van der Waals surface area contributed by atoms with E-state index in [0.29, 0.717) is 6.42 Å². The fraction of sp³-hybridized carbons (Fsp3) is 0.800. The third-order valence-electron chi connectivity index (χ3n) is 2.97. The van der Waals surface area contributed by atoms with Crippen molar-refractivity contribution in [3.05, 3.63) is 0 Å². The van der Waals surface area contributed by atoms with Gasteiger partial charge in [-0.1, -0.05) is 13.8 Å². The quantitative estimate of drug-likeness (QED) is 0.627. The second-order valence-corrected chi connectivity index (χ2v) is 4.23. The van der Waals surface area contributed by atoms with Gasteiger partial charge in [0.1, 0.15) is 6.10 Å². The van der Waals surface area contributed by atoms with Gasteiger partial charge in [0.2, 0.25) is 0 Å². The van der Waals surface area contributed by atoms with E-state index in [0.717, 1.165) is 0 Å². The molecule has 0 saturated heterocycles. The van der Waals surface area contributed by atoms with Crippen LogP contribution in [-0.4, -0.2) is 25.2 Å². The van der Waals surface area contributed by atoms with E-state index in [2.05, 4.69) is 4.74 Å². The van der Waals surface area contributed by atoms with Crippen molar-refractivity contribution in [2.24, 2.45) is 11.3 Å². The average Bonchev–Trinajstić information content (AvgIpc) is 2.10. The van der Waals surface area contributed by atoms with E-state index in [-0.39, 0.29) is 29.4 Å². The Morgan fingerprint density at radius 3 is 2.29 bits per heavy atom. The van der Waals surface area contributed by atoms with Gasteiger partial charge in [0.15, 0.2) is 0 Å². The first-order valence-corrected chi connectivity index (χ1v) is 4.64. The molecule has 0 unspecified atom stereocenters. The Labute approximate surface area is 83.6 Å². The van der Waals surface area contributed by atoms with E-state index in [4.69, 9.17) is 4.74 Å². The smallest absolute Gasteiger partial charge is 0.309 e. The maximum absolute atomic E-state index is 11.3. The maximum Gasteiger partial charge on any atom is 0.309 e. The van der Waals surface area contributed by atoms with Crippen LogP contribution in [0.3, 0.4) is 0 Å². The zero-order chi connectivity index (χ0) is 10.9. The number of rotatable bonds is 2. The van der Waals surface area contributed by atoms with E-state index in [1.165, 1.54) is 14.0 Å². The molecule has 80 valence electrons. The number of carbonyl (C=O) groups excluding carboxylic acids is 2. The Kier molecular flexibility index (Phi) is 2.83. The highest BCUT2D eigenvalue weighted by Crippen LogP contribution is 2.48. The minimum absolute atomic E-state index is 0.156. The van der Waals surface area contributed by atoms with Crippen LogP contribution in [0.25, 0.3) is 0 Å². The molecule has 0 radical (unpaired) electrons. The predicted molar refractivity (Wildman–Crippen MR) is 49.5 cm³/mol. The summed E-state index contributed by atoms with van der Waals surface area (Å²) in [5.41, 5.74) is -0.307. The summed E-state index contributed by atoms with van der Waals surface area (Å²) in [7, 11) is 1.37. The number of hydrogen-bond acceptors (Lipinski definition) is 4. The zero-order valence-corrected chi connectivity index (χ0v) is 8.99. The van der Waals surface area contributed by atoms with E-state index in [9.17, 15) is 9.59 Å². The average molecular weight is 200 g/mol. The Hall–Kier alpha value is -1.06. The molecule has 0 spiro atoms. The molecule has 0 heterocycles. The third kappa shape index (κ3) is 1.74. The first kappa shape index (κ1) is 11.0. The number of hydrogen-bond donors (Lipinski definition) is 0. The van der Waals surface area contributed by atoms with Gasteiger partial charge >= 0.3 is 11.9 Å². The van der Waals surface area contributed by atoms with Crippen LogP contribution in [0.5, 0.6) is 0 Å². The fourth-order valence-corrected chi connectivity index (χ4v) is 1.83. The molecule has 1 rings (SSSR count). The molecular formula is C10H16O4. The molecule has 0 bridgehead atoms. The Morgan fingerprint density at radius 2 is 1.93 bits per heavy atom. The van der Waals surface area contributed by atoms with Crippen LogP contribution < -0.4 is 0 Å². The van der Waals surface area contributed by atoms with Crippen LogP contribution in [0.15, 0.2) is 0 Å². The molecule has 1 fully saturated rings. The summed E-state index contributed by atoms with van der Waals surface area (Å²) in [6.45, 7) is 5.19. The predicted octanol–water partition coefficient (Wildman–Crippen LogP) is 1.14. The standard InChI is InChI=1S/C10H16O4/c1-6(11)14-8-5-7(9(12)13-4)10(8,2)3/h7-8H,5H2,1-4H3/t7-,8-/m1/s1. The lowest BCUT2D eigenvalue weighted by molar-refractivity contribution is -0.188. The maximum atomic E-state index is 11.3. The van der Waals surface area contributed by atoms with Gasteiger partial charge in [-0.3, -0.25) is 9.59 Å². The van der Waals surface area contributed by atoms with E-state index in [1.807, 2.05) is 13.8 Å². The Bertz CT molecular complexity index is 257. The lowest BCUT2D eigenvalue weighted by Gasteiger charge is -2.48. The second-order valence-electron chi connectivity index (χ2n) is 4.23. The van der Waals surface area contributed by atoms with Gasteiger partial charge in [0.25, 0.3) is 0 Å². The molecule has 4 heteroatoms. The minimum Gasteiger partial charge on any atom is -0.469 e. The van der Waals surface area contributed by atoms with Crippen molar-refractivity contribution in [3.8, 4) is 0 Å². The monoisotopic (exact) mass is 200 g/mol. The van der Waals surface area contributed by atoms with Crippen LogP contribution in [0.2, 0.25) is 0 Å². The van der Waals surface area contributed by atoms with Crippen LogP contribution in [0, 0.1) is 11.3 Å². The summed E-state index contributed by atoms with van der Waals surface area (Å²) in [6.07, 6.45) is 0.406. The van der Waals surface area contributed by atoms with Gasteiger partial charge in [-0.15, -0.1) is 0 Å². The van der Waals surface area contributed by atoms with Crippen molar-refractivity contribution in [3.63, 3.8) is 0 Å². The van der Waals surface area contributed by atoms with Crippen molar-refractivity contribution < 1.29 is 19.1 Å². The molecule has 4 nitrogen and oxygen atoms in total. The fourth-order valence-electron chi connectivity index (χ4n) is 1.83. The lowest BCUT2D eigenvalue weighted by Crippen LogP contribution is -2.54. The van der Waals surface area contributed by atoms with Gasteiger partial charge in [0, 0.05) is 12.3 Å². The molecule has 0 aliphatic heterocycles. The van der Waals surface area contributed by atoms with Crippen LogP contribution in [-0.2, 0) is 19.1 Å². The number of carbonyl (C=O) groups is 2. The van der Waals surface area contributed by atoms with E-state index < -0.39 is 0 Å². The normalized spacial score (nSPS) is 28.9. The zero-order valence-electron chi connectivity index (χ0n) is 8.99. The lowest BCUT2D eigenvalue weighted by atomic mass is 9.60. The first-order valence-electron chi connectivity index (χ1n) is 4.64. The SMILES string of the molecule is COC(=O)[C@H]1C[C@@H](OC(C)=O)C1(C)C. The van der Waals surface area contributed by atoms with Gasteiger partial charge in [-0.25, -0.2) is 0 Å². The molecule has 0 amide bonds. The molecule has 2 atom stereocenters. The van der Waals surface area contributed by atoms with E-state index >= 15 is 0 Å². The molecule has 1 aliphatic carbocycles. The van der Waals surface area contributed by atoms with Gasteiger partial charge in [-0.05, 0) is 6.42 Å². The molecule has 14 heavy (non-hydrogen) atoms. The molecule has 0 aromatic carbocycles. The summed E-state index contributed by atoms with van der Waals surface area (Å²) in [4.78, 5) is 22.0. The van der Waals surface area contributed by atoms with Crippen molar-refractivity contribution in [1.82, 2.24) is 0 Å². The number of esters is 2. The summed E-state index contributed by atoms with van der Waals surface area (Å²) in [5.74, 6) is -0.679. The topological polar surface area (TPSA) is 52.6 Å². The molecule has 1 aliphatic rings. The largest absolute Gasteiger partial charge is 0.469 e. The first-order chi connectivity index (χ1) is 6.39. The molecule has 0 aromatic heterocycles. The summed E-state index contributed by atoms with van der Waals surface area (Å²) in [6, 6.07) is 0. The van der Waals surface area contributed by atoms with Crippen LogP contribution in [0.1, 0.15) is 27.2 Å². The van der Waals surface area contributed by atoms with Gasteiger partial charge in [-0.2, -0.15) is 0 Å². The number of methoxy groups -OCH3 is 1. The van der Waals surface area contributed by atoms with Crippen molar-refractivity contribution in [2.75, 3.05) is 7.11 Å². The number of ether oxygens (including phenoxy) is 2. The van der Waals surface area contributed by atoms with Crippen molar-refractivity contribution >= 4 is 11.9 Å². The Balaban J connectivity index is 2.58. The highest BCUT2D eigenvalue weighted by atomic mass is 16.5. The highest BCUT2D eigenvalue weighted by Gasteiger charge is 2.54. The second kappa shape index (κ2) is 3.59. The summed E-state index contributed by atoms with van der Waals surface area (Å²) < 4.78 is 9.74. The molecular weight excluding hydrogens is 184 g/mol. The van der Waals surface area contributed by atoms with E-state index in [1.54, 1.807) is 0 Å². The molecule has 0 N–H and O–H groups in total. The van der Waals surface area contributed by atoms with Crippen LogP contribution in [0.4, 0.5) is 0 Å². The summed E-state index contributed by atoms with van der Waals surface area (Å²) >= 11 is 0. The highest BCUT2D eigenvalue weighted by molar-refractivity contribution is 5.75. The van der Waals surface area contributed by atoms with Gasteiger partial charge in [0.05, 0.1) is 13.0 Å². The minimum atomic E-state index is -0.307. The van der Waals surface area contributed by atoms with Crippen molar-refractivity contribution in [2.45, 2.75) is 33.3 Å². The van der Waals surface area contributed by atoms with Gasteiger partial charge < -0.3 is 9.47 Å². The van der Waals surface area contributed by atoms with Crippen LogP contribution >= 0.6 is 0 Å².